The number of imidazole rings is 1. The number of nitrogens with two attached hydrogens (primary N) is 1. The Morgan fingerprint density at radius 1 is 1.07 bits per heavy atom. The SMILES string of the molecule is COc1ccc(OP(=O)(OCC2(C(F)F)OC(n3cnc4c(=O)[nH]c(N)nc43)C(F)C2O)Oc2ccc(OC)cc2)cc1. The zero-order chi connectivity index (χ0) is 30.9. The van der Waals surface area contributed by atoms with Crippen molar-refractivity contribution in [3.8, 4) is 23.0 Å². The molecule has 0 radical (unpaired) electrons. The summed E-state index contributed by atoms with van der Waals surface area (Å²) in [5, 5.41) is 10.7. The van der Waals surface area contributed by atoms with E-state index in [0.717, 1.165) is 10.9 Å². The third kappa shape index (κ3) is 5.84. The van der Waals surface area contributed by atoms with Crippen molar-refractivity contribution in [1.82, 2.24) is 19.5 Å². The lowest BCUT2D eigenvalue weighted by molar-refractivity contribution is -0.192. The number of fused-ring (bicyclic) bond motifs is 1. The van der Waals surface area contributed by atoms with E-state index in [0.29, 0.717) is 11.5 Å². The van der Waals surface area contributed by atoms with Gasteiger partial charge in [-0.05, 0) is 48.5 Å². The largest absolute Gasteiger partial charge is 0.587 e. The van der Waals surface area contributed by atoms with E-state index in [2.05, 4.69) is 15.0 Å². The van der Waals surface area contributed by atoms with Crippen LogP contribution in [0.2, 0.25) is 0 Å². The van der Waals surface area contributed by atoms with Gasteiger partial charge in [-0.15, -0.1) is 0 Å². The molecule has 5 rings (SSSR count). The minimum atomic E-state index is -4.85. The van der Waals surface area contributed by atoms with Gasteiger partial charge in [0.05, 0.1) is 27.2 Å². The maximum atomic E-state index is 15.5. The van der Waals surface area contributed by atoms with Gasteiger partial charge in [0, 0.05) is 0 Å². The van der Waals surface area contributed by atoms with Crippen LogP contribution in [0.4, 0.5) is 19.1 Å². The second kappa shape index (κ2) is 11.8. The lowest BCUT2D eigenvalue weighted by atomic mass is 9.97. The van der Waals surface area contributed by atoms with E-state index >= 15 is 4.39 Å². The van der Waals surface area contributed by atoms with Gasteiger partial charge in [-0.3, -0.25) is 18.9 Å². The van der Waals surface area contributed by atoms with Gasteiger partial charge in [0.25, 0.3) is 12.0 Å². The van der Waals surface area contributed by atoms with Gasteiger partial charge >= 0.3 is 7.82 Å². The monoisotopic (exact) mass is 627 g/mol. The number of aliphatic hydroxyl groups excluding tert-OH is 1. The molecule has 14 nitrogen and oxygen atoms in total. The van der Waals surface area contributed by atoms with E-state index in [-0.39, 0.29) is 28.6 Å². The molecule has 2 aromatic carbocycles. The predicted molar refractivity (Wildman–Crippen MR) is 143 cm³/mol. The van der Waals surface area contributed by atoms with Gasteiger partial charge in [0.2, 0.25) is 5.95 Å². The minimum Gasteiger partial charge on any atom is -0.497 e. The highest BCUT2D eigenvalue weighted by molar-refractivity contribution is 7.49. The molecule has 0 amide bonds. The van der Waals surface area contributed by atoms with Crippen molar-refractivity contribution in [3.05, 3.63) is 65.2 Å². The van der Waals surface area contributed by atoms with Crippen LogP contribution in [0.5, 0.6) is 23.0 Å². The fraction of sp³-hybridized carbons (Fsp3) is 0.320. The van der Waals surface area contributed by atoms with E-state index < -0.39 is 50.5 Å². The van der Waals surface area contributed by atoms with Crippen molar-refractivity contribution in [2.75, 3.05) is 26.6 Å². The lowest BCUT2D eigenvalue weighted by Crippen LogP contribution is -2.52. The van der Waals surface area contributed by atoms with Crippen LogP contribution >= 0.6 is 7.82 Å². The first kappa shape index (κ1) is 30.2. The van der Waals surface area contributed by atoms with Crippen molar-refractivity contribution < 1.29 is 50.6 Å². The summed E-state index contributed by atoms with van der Waals surface area (Å²) in [6.07, 6.45) is -9.66. The molecule has 1 saturated heterocycles. The number of phosphoric acid groups is 1. The number of rotatable bonds is 11. The Hall–Kier alpha value is -4.31. The van der Waals surface area contributed by atoms with Crippen molar-refractivity contribution >= 4 is 24.9 Å². The number of halogens is 3. The zero-order valence-electron chi connectivity index (χ0n) is 22.4. The molecule has 0 aliphatic carbocycles. The highest BCUT2D eigenvalue weighted by Crippen LogP contribution is 2.53. The second-order valence-corrected chi connectivity index (χ2v) is 10.7. The number of benzene rings is 2. The molecule has 4 N–H and O–H groups in total. The number of nitrogen functional groups attached to an aromatic ring is 1. The maximum Gasteiger partial charge on any atom is 0.587 e. The summed E-state index contributed by atoms with van der Waals surface area (Å²) in [5.41, 5.74) is 1.13. The summed E-state index contributed by atoms with van der Waals surface area (Å²) in [5.74, 6) is 0.393. The second-order valence-electron chi connectivity index (χ2n) is 9.18. The predicted octanol–water partition coefficient (Wildman–Crippen LogP) is 3.23. The number of H-pyrrole nitrogens is 1. The smallest absolute Gasteiger partial charge is 0.497 e. The van der Waals surface area contributed by atoms with Crippen LogP contribution < -0.4 is 29.8 Å². The first-order valence-electron chi connectivity index (χ1n) is 12.4. The molecular formula is C25H25F3N5O9P. The molecule has 4 unspecified atom stereocenters. The van der Waals surface area contributed by atoms with Crippen molar-refractivity contribution in [3.63, 3.8) is 0 Å². The summed E-state index contributed by atoms with van der Waals surface area (Å²) in [4.78, 5) is 22.0. The van der Waals surface area contributed by atoms with Gasteiger partial charge in [-0.2, -0.15) is 4.98 Å². The Bertz CT molecular complexity index is 1640. The Kier molecular flexibility index (Phi) is 8.25. The average molecular weight is 627 g/mol. The number of aliphatic hydroxyl groups is 1. The first-order valence-corrected chi connectivity index (χ1v) is 13.9. The molecule has 18 heteroatoms. The number of ether oxygens (including phenoxy) is 3. The number of nitrogens with one attached hydrogen (secondary N) is 1. The topological polar surface area (TPSA) is 182 Å². The molecule has 0 spiro atoms. The van der Waals surface area contributed by atoms with Crippen molar-refractivity contribution in [2.24, 2.45) is 0 Å². The van der Waals surface area contributed by atoms with Gasteiger partial charge < -0.3 is 34.1 Å². The van der Waals surface area contributed by atoms with Gasteiger partial charge in [0.15, 0.2) is 29.2 Å². The Morgan fingerprint density at radius 2 is 1.60 bits per heavy atom. The quantitative estimate of drug-likeness (QED) is 0.207. The summed E-state index contributed by atoms with van der Waals surface area (Å²) in [6.45, 7) is -1.37. The molecule has 4 aromatic rings. The van der Waals surface area contributed by atoms with Crippen LogP contribution in [0, 0.1) is 0 Å². The van der Waals surface area contributed by atoms with E-state index in [9.17, 15) is 23.2 Å². The Morgan fingerprint density at radius 3 is 2.12 bits per heavy atom. The van der Waals surface area contributed by atoms with Gasteiger partial charge in [0.1, 0.15) is 29.1 Å². The number of aromatic amines is 1. The van der Waals surface area contributed by atoms with Gasteiger partial charge in [-0.1, -0.05) is 0 Å². The third-order valence-electron chi connectivity index (χ3n) is 6.51. The maximum absolute atomic E-state index is 15.5. The van der Waals surface area contributed by atoms with E-state index in [1.165, 1.54) is 62.8 Å². The van der Waals surface area contributed by atoms with E-state index in [1.807, 2.05) is 0 Å². The number of nitrogens with zero attached hydrogens (tertiary/aromatic N) is 3. The molecule has 230 valence electrons. The van der Waals surface area contributed by atoms with Crippen LogP contribution in [0.1, 0.15) is 6.23 Å². The number of hydrogen-bond acceptors (Lipinski definition) is 12. The number of methoxy groups -OCH3 is 2. The van der Waals surface area contributed by atoms with Crippen molar-refractivity contribution in [2.45, 2.75) is 30.5 Å². The van der Waals surface area contributed by atoms with E-state index in [4.69, 9.17) is 33.5 Å². The van der Waals surface area contributed by atoms with Crippen LogP contribution in [0.25, 0.3) is 11.2 Å². The molecule has 1 fully saturated rings. The van der Waals surface area contributed by atoms with Crippen LogP contribution in [0.3, 0.4) is 0 Å². The standard InChI is InChI=1S/C25H25F3N5O9P/c1-37-13-3-7-15(8-4-13)41-43(36,42-16-9-5-14(38-2)6-10-16)39-11-25(23(27)28)19(34)17(26)22(40-25)33-12-30-18-20(33)31-24(29)32-21(18)35/h3-10,12,17,19,22-23,34H,11H2,1-2H3,(H3,29,31,32,35). The minimum absolute atomic E-state index is 0.0587. The fourth-order valence-corrected chi connectivity index (χ4v) is 5.53. The molecule has 0 saturated carbocycles. The molecule has 1 aliphatic heterocycles. The molecule has 0 bridgehead atoms. The summed E-state index contributed by atoms with van der Waals surface area (Å²) < 4.78 is 91.2. The third-order valence-corrected chi connectivity index (χ3v) is 7.82. The fourth-order valence-electron chi connectivity index (χ4n) is 4.27. The number of anilines is 1. The molecule has 43 heavy (non-hydrogen) atoms. The van der Waals surface area contributed by atoms with E-state index in [1.54, 1.807) is 0 Å². The molecule has 4 atom stereocenters. The zero-order valence-corrected chi connectivity index (χ0v) is 23.3. The number of aromatic nitrogens is 4. The van der Waals surface area contributed by atoms with Crippen LogP contribution in [0.15, 0.2) is 59.7 Å². The molecular weight excluding hydrogens is 602 g/mol. The Labute approximate surface area is 240 Å². The summed E-state index contributed by atoms with van der Waals surface area (Å²) in [6, 6.07) is 11.3. The number of phosphoric ester groups is 1. The highest BCUT2D eigenvalue weighted by atomic mass is 31.2. The first-order chi connectivity index (χ1) is 20.5. The average Bonchev–Trinajstić information content (AvgIpc) is 3.52. The van der Waals surface area contributed by atoms with Crippen molar-refractivity contribution in [1.29, 1.82) is 0 Å². The molecule has 2 aromatic heterocycles. The van der Waals surface area contributed by atoms with Crippen LogP contribution in [-0.4, -0.2) is 69.8 Å². The number of alkyl halides is 3. The lowest BCUT2D eigenvalue weighted by Gasteiger charge is -2.31. The highest BCUT2D eigenvalue weighted by Gasteiger charge is 2.62. The normalized spacial score (nSPS) is 22.2. The Balaban J connectivity index is 1.46. The molecule has 1 aliphatic rings. The van der Waals surface area contributed by atoms with Gasteiger partial charge in [-0.25, -0.2) is 22.7 Å². The molecule has 3 heterocycles. The summed E-state index contributed by atoms with van der Waals surface area (Å²) >= 11 is 0. The summed E-state index contributed by atoms with van der Waals surface area (Å²) in [7, 11) is -2.00. The number of hydrogen-bond donors (Lipinski definition) is 3. The van der Waals surface area contributed by atoms with Crippen LogP contribution in [-0.2, 0) is 13.8 Å².